The van der Waals surface area contributed by atoms with Gasteiger partial charge >= 0.3 is 5.97 Å². The molecule has 1 N–H and O–H groups in total. The summed E-state index contributed by atoms with van der Waals surface area (Å²) in [6.45, 7) is 3.14. The Labute approximate surface area is 122 Å². The topological polar surface area (TPSA) is 40.5 Å². The number of nitrogens with zero attached hydrogens (tertiary/aromatic N) is 1. The summed E-state index contributed by atoms with van der Waals surface area (Å²) in [4.78, 5) is 13.0. The van der Waals surface area contributed by atoms with Crippen molar-refractivity contribution >= 4 is 41.1 Å². The van der Waals surface area contributed by atoms with Gasteiger partial charge in [-0.1, -0.05) is 17.7 Å². The lowest BCUT2D eigenvalue weighted by molar-refractivity contribution is -0.131. The van der Waals surface area contributed by atoms with Crippen molar-refractivity contribution in [2.24, 2.45) is 0 Å². The van der Waals surface area contributed by atoms with Gasteiger partial charge in [-0.15, -0.1) is 0 Å². The molecular formula is C14H16ClNO2S. The Balaban J connectivity index is 2.38. The summed E-state index contributed by atoms with van der Waals surface area (Å²) in [5.41, 5.74) is 1.79. The number of carboxylic acid groups (broad SMARTS) is 1. The molecule has 2 rings (SSSR count). The molecule has 0 saturated carbocycles. The van der Waals surface area contributed by atoms with Gasteiger partial charge in [-0.25, -0.2) is 4.79 Å². The Bertz CT molecular complexity index is 504. The zero-order valence-corrected chi connectivity index (χ0v) is 12.2. The van der Waals surface area contributed by atoms with E-state index in [9.17, 15) is 4.79 Å². The van der Waals surface area contributed by atoms with Crippen LogP contribution in [0.1, 0.15) is 12.5 Å². The monoisotopic (exact) mass is 297 g/mol. The molecule has 1 aromatic rings. The van der Waals surface area contributed by atoms with Crippen LogP contribution in [0.5, 0.6) is 0 Å². The standard InChI is InChI=1S/C14H16ClNO2S/c1-10-9-19-8-7-16(10)13-4-2-3-12(15)11(13)5-6-14(17)18/h2-6,10H,7-9H2,1H3,(H,17,18). The normalized spacial score (nSPS) is 19.9. The highest BCUT2D eigenvalue weighted by atomic mass is 35.5. The van der Waals surface area contributed by atoms with Crippen molar-refractivity contribution in [3.8, 4) is 0 Å². The van der Waals surface area contributed by atoms with Gasteiger partial charge in [0.05, 0.1) is 0 Å². The molecule has 1 aliphatic rings. The molecule has 1 fully saturated rings. The maximum Gasteiger partial charge on any atom is 0.328 e. The molecule has 0 amide bonds. The Morgan fingerprint density at radius 2 is 2.37 bits per heavy atom. The van der Waals surface area contributed by atoms with Crippen LogP contribution >= 0.6 is 23.4 Å². The lowest BCUT2D eigenvalue weighted by atomic mass is 10.1. The van der Waals surface area contributed by atoms with Gasteiger partial charge in [0, 0.05) is 46.4 Å². The first-order chi connectivity index (χ1) is 9.09. The number of hydrogen-bond donors (Lipinski definition) is 1. The molecule has 0 aromatic heterocycles. The number of thioether (sulfide) groups is 1. The minimum atomic E-state index is -0.965. The average molecular weight is 298 g/mol. The first-order valence-electron chi connectivity index (χ1n) is 6.13. The summed E-state index contributed by atoms with van der Waals surface area (Å²) >= 11 is 8.15. The van der Waals surface area contributed by atoms with Crippen LogP contribution in [-0.2, 0) is 4.79 Å². The number of carboxylic acids is 1. The Kier molecular flexibility index (Phi) is 4.77. The van der Waals surface area contributed by atoms with Gasteiger partial charge in [0.15, 0.2) is 0 Å². The molecule has 0 spiro atoms. The van der Waals surface area contributed by atoms with Crippen LogP contribution in [0.4, 0.5) is 5.69 Å². The van der Waals surface area contributed by atoms with E-state index in [0.717, 1.165) is 35.4 Å². The first-order valence-corrected chi connectivity index (χ1v) is 7.67. The van der Waals surface area contributed by atoms with Crippen molar-refractivity contribution in [1.82, 2.24) is 0 Å². The molecule has 5 heteroatoms. The number of halogens is 1. The number of aliphatic carboxylic acids is 1. The van der Waals surface area contributed by atoms with Crippen LogP contribution in [-0.4, -0.2) is 35.2 Å². The number of anilines is 1. The zero-order chi connectivity index (χ0) is 13.8. The lowest BCUT2D eigenvalue weighted by Gasteiger charge is -2.36. The van der Waals surface area contributed by atoms with E-state index in [-0.39, 0.29) is 0 Å². The molecule has 1 atom stereocenters. The summed E-state index contributed by atoms with van der Waals surface area (Å²) in [6.07, 6.45) is 2.71. The fraction of sp³-hybridized carbons (Fsp3) is 0.357. The maximum atomic E-state index is 10.7. The highest BCUT2D eigenvalue weighted by Gasteiger charge is 2.21. The van der Waals surface area contributed by atoms with E-state index in [1.165, 1.54) is 0 Å². The van der Waals surface area contributed by atoms with Crippen LogP contribution in [0, 0.1) is 0 Å². The molecule has 1 aromatic carbocycles. The highest BCUT2D eigenvalue weighted by Crippen LogP contribution is 2.32. The minimum absolute atomic E-state index is 0.425. The first kappa shape index (κ1) is 14.3. The van der Waals surface area contributed by atoms with Crippen LogP contribution in [0.3, 0.4) is 0 Å². The van der Waals surface area contributed by atoms with Crippen molar-refractivity contribution < 1.29 is 9.90 Å². The molecule has 1 unspecified atom stereocenters. The molecule has 0 radical (unpaired) electrons. The number of benzene rings is 1. The number of carbonyl (C=O) groups is 1. The molecule has 19 heavy (non-hydrogen) atoms. The molecule has 0 aliphatic carbocycles. The summed E-state index contributed by atoms with van der Waals surface area (Å²) in [6, 6.07) is 6.12. The van der Waals surface area contributed by atoms with Crippen LogP contribution in [0.15, 0.2) is 24.3 Å². The largest absolute Gasteiger partial charge is 0.478 e. The van der Waals surface area contributed by atoms with Crippen LogP contribution in [0.2, 0.25) is 5.02 Å². The second-order valence-corrected chi connectivity index (χ2v) is 6.02. The van der Waals surface area contributed by atoms with E-state index < -0.39 is 5.97 Å². The van der Waals surface area contributed by atoms with E-state index >= 15 is 0 Å². The van der Waals surface area contributed by atoms with Gasteiger partial charge in [-0.3, -0.25) is 0 Å². The van der Waals surface area contributed by atoms with Gasteiger partial charge in [0.1, 0.15) is 0 Å². The van der Waals surface area contributed by atoms with Crippen molar-refractivity contribution in [2.75, 3.05) is 23.0 Å². The Hall–Kier alpha value is -1.13. The second-order valence-electron chi connectivity index (χ2n) is 4.46. The minimum Gasteiger partial charge on any atom is -0.478 e. The molecular weight excluding hydrogens is 282 g/mol. The summed E-state index contributed by atoms with van der Waals surface area (Å²) in [7, 11) is 0. The molecule has 3 nitrogen and oxygen atoms in total. The molecule has 1 aliphatic heterocycles. The fourth-order valence-corrected chi connectivity index (χ4v) is 3.43. The molecule has 1 heterocycles. The van der Waals surface area contributed by atoms with Crippen molar-refractivity contribution in [2.45, 2.75) is 13.0 Å². The maximum absolute atomic E-state index is 10.7. The predicted octanol–water partition coefficient (Wildman–Crippen LogP) is 3.38. The third-order valence-corrected chi connectivity index (χ3v) is 4.62. The highest BCUT2D eigenvalue weighted by molar-refractivity contribution is 7.99. The Morgan fingerprint density at radius 3 is 3.05 bits per heavy atom. The lowest BCUT2D eigenvalue weighted by Crippen LogP contribution is -2.40. The van der Waals surface area contributed by atoms with Gasteiger partial charge in [-0.05, 0) is 25.1 Å². The third-order valence-electron chi connectivity index (χ3n) is 3.10. The van der Waals surface area contributed by atoms with Crippen molar-refractivity contribution in [3.63, 3.8) is 0 Å². The van der Waals surface area contributed by atoms with Gasteiger partial charge in [0.25, 0.3) is 0 Å². The quantitative estimate of drug-likeness (QED) is 0.868. The molecule has 102 valence electrons. The smallest absolute Gasteiger partial charge is 0.328 e. The average Bonchev–Trinajstić information content (AvgIpc) is 2.37. The van der Waals surface area contributed by atoms with Gasteiger partial charge < -0.3 is 10.0 Å². The third kappa shape index (κ3) is 3.45. The second kappa shape index (κ2) is 6.35. The van der Waals surface area contributed by atoms with Crippen LogP contribution < -0.4 is 4.90 Å². The summed E-state index contributed by atoms with van der Waals surface area (Å²) in [5, 5.41) is 9.36. The van der Waals surface area contributed by atoms with E-state index in [4.69, 9.17) is 16.7 Å². The fourth-order valence-electron chi connectivity index (χ4n) is 2.18. The van der Waals surface area contributed by atoms with Gasteiger partial charge in [-0.2, -0.15) is 11.8 Å². The van der Waals surface area contributed by atoms with E-state index in [2.05, 4.69) is 11.8 Å². The van der Waals surface area contributed by atoms with E-state index in [1.807, 2.05) is 23.9 Å². The molecule has 0 bridgehead atoms. The van der Waals surface area contributed by atoms with Crippen molar-refractivity contribution in [1.29, 1.82) is 0 Å². The molecule has 1 saturated heterocycles. The predicted molar refractivity (Wildman–Crippen MR) is 82.3 cm³/mol. The SMILES string of the molecule is CC1CSCCN1c1cccc(Cl)c1C=CC(=O)O. The summed E-state index contributed by atoms with van der Waals surface area (Å²) < 4.78 is 0. The van der Waals surface area contributed by atoms with E-state index in [0.29, 0.717) is 11.1 Å². The van der Waals surface area contributed by atoms with Gasteiger partial charge in [0.2, 0.25) is 0 Å². The van der Waals surface area contributed by atoms with E-state index in [1.54, 1.807) is 12.1 Å². The number of rotatable bonds is 3. The van der Waals surface area contributed by atoms with Crippen LogP contribution in [0.25, 0.3) is 6.08 Å². The number of hydrogen-bond acceptors (Lipinski definition) is 3. The zero-order valence-electron chi connectivity index (χ0n) is 10.7. The summed E-state index contributed by atoms with van der Waals surface area (Å²) in [5.74, 6) is 1.20. The van der Waals surface area contributed by atoms with Crippen molar-refractivity contribution in [3.05, 3.63) is 34.9 Å². The Morgan fingerprint density at radius 1 is 1.58 bits per heavy atom.